The van der Waals surface area contributed by atoms with Gasteiger partial charge >= 0.3 is 95.8 Å². The smallest absolute Gasteiger partial charge is 1.00 e. The normalized spacial score (nSPS) is 26.1. The minimum absolute atomic E-state index is 0. The van der Waals surface area contributed by atoms with Crippen molar-refractivity contribution in [1.29, 1.82) is 0 Å². The molecule has 0 aromatic carbocycles. The average molecular weight is 1220 g/mol. The quantitative estimate of drug-likeness (QED) is 0.189. The van der Waals surface area contributed by atoms with Crippen LogP contribution in [0, 0.1) is 59.2 Å². The number of allylic oxidation sites excluding steroid dienone is 2. The zero-order valence-corrected chi connectivity index (χ0v) is 57.8. The standard InChI is InChI=1S/C12H23NO2.C8H16O.C8H14O.C8H12O.C7H15N.C6H12O.C4H8O2.C2H6O.4CO2.2CH4.B.2Na.H2O.H/c1-8-6-9(2)10(7-8)13-11(14)15-12(3,4)5;3*1-3-7-5-8(9)4-6(7)2;1-5-3-6(2)7(8)4-5;1-5-2-3-6(7)4-5;1-3-6-4(2)5;1-2-3;4*2-1-3;;;;;;;/h8-10H,6-7H2,1-5H3,(H,13,14);6-9H,3-5H2,1-2H3;6-7H,3-5H2,1-2H3;4,7H,3,5H2,1-2H3;5-7H,3-4,8H2,1-2H3;5-7H,2-4H2,1H3;3H2,1-2H3;3H,2H2,1H3;;;;;2*1H4;;;;1H2;/q;;;;;;;;;;;;;;;2*+1;;-1/p-1/t8-,9+,10-;6-,7+,8+;6-,7+;;5-,6+,7-;5-,6+;;;;;;;;;;;;;/m100.11............./s1. The van der Waals surface area contributed by atoms with E-state index in [0.717, 1.165) is 87.4 Å². The number of aliphatic hydroxyl groups is 3. The van der Waals surface area contributed by atoms with Crippen LogP contribution in [0.1, 0.15) is 230 Å². The molecule has 1 unspecified atom stereocenters. The van der Waals surface area contributed by atoms with Crippen LogP contribution in [-0.2, 0) is 62.2 Å². The van der Waals surface area contributed by atoms with E-state index in [4.69, 9.17) is 59.0 Å². The zero-order chi connectivity index (χ0) is 62.1. The Morgan fingerprint density at radius 1 is 0.643 bits per heavy atom. The Hall–Kier alpha value is -2.80. The Labute approximate surface area is 555 Å². The van der Waals surface area contributed by atoms with Crippen molar-refractivity contribution in [3.63, 3.8) is 0 Å². The molecule has 6 aliphatic rings. The largest absolute Gasteiger partial charge is 1.00 e. The molecule has 0 aliphatic heterocycles. The van der Waals surface area contributed by atoms with E-state index in [-0.39, 0.29) is 151 Å². The van der Waals surface area contributed by atoms with Crippen molar-refractivity contribution >= 4 is 56.6 Å². The van der Waals surface area contributed by atoms with Gasteiger partial charge in [0.15, 0.2) is 5.78 Å². The van der Waals surface area contributed by atoms with Crippen LogP contribution in [-0.4, -0.2) is 121 Å². The van der Waals surface area contributed by atoms with E-state index in [9.17, 15) is 24.3 Å². The molecule has 6 rings (SSSR count). The number of amides is 1. The summed E-state index contributed by atoms with van der Waals surface area (Å²) in [6, 6.07) is 0.778. The van der Waals surface area contributed by atoms with Crippen LogP contribution in [0.4, 0.5) is 4.79 Å². The molecule has 0 heterocycles. The summed E-state index contributed by atoms with van der Waals surface area (Å²) in [5, 5.41) is 28.6. The van der Waals surface area contributed by atoms with Gasteiger partial charge in [0.1, 0.15) is 11.4 Å². The van der Waals surface area contributed by atoms with Crippen LogP contribution >= 0.6 is 0 Å². The van der Waals surface area contributed by atoms with Crippen molar-refractivity contribution in [2.75, 3.05) is 13.2 Å². The number of rotatable bonds is 5. The molecule has 0 aromatic heterocycles. The molecule has 84 heavy (non-hydrogen) atoms. The number of Topliss-reactive ketones (excluding diaryl/α,β-unsaturated/α-hetero) is 1. The Morgan fingerprint density at radius 2 is 1.08 bits per heavy atom. The molecule has 0 aromatic rings. The summed E-state index contributed by atoms with van der Waals surface area (Å²) in [7, 11) is 0. The molecular formula is C61H116BN2Na2O18. The molecule has 3 radical (unpaired) electrons. The first-order valence-corrected chi connectivity index (χ1v) is 27.9. The molecule has 6 aliphatic carbocycles. The monoisotopic (exact) mass is 1220 g/mol. The maximum Gasteiger partial charge on any atom is 1.00 e. The van der Waals surface area contributed by atoms with Gasteiger partial charge in [-0.15, -0.1) is 0 Å². The molecular weight excluding hydrogens is 1110 g/mol. The number of hydrogen-bond donors (Lipinski definition) is 5. The summed E-state index contributed by atoms with van der Waals surface area (Å²) in [5.74, 6) is 7.70. The summed E-state index contributed by atoms with van der Waals surface area (Å²) >= 11 is 0. The van der Waals surface area contributed by atoms with Crippen LogP contribution in [0.3, 0.4) is 0 Å². The van der Waals surface area contributed by atoms with Crippen molar-refractivity contribution < 1.29 is 148 Å². The molecule has 0 bridgehead atoms. The van der Waals surface area contributed by atoms with Gasteiger partial charge in [-0.25, -0.2) is 4.79 Å². The first-order valence-electron chi connectivity index (χ1n) is 27.9. The summed E-state index contributed by atoms with van der Waals surface area (Å²) in [6.07, 6.45) is 18.6. The molecule has 483 valence electrons. The molecule has 7 N–H and O–H groups in total. The van der Waals surface area contributed by atoms with Gasteiger partial charge in [-0.3, -0.25) is 14.4 Å². The summed E-state index contributed by atoms with van der Waals surface area (Å²) in [5.41, 5.74) is 6.63. The SMILES string of the molecule is C.C.CCC1CC(=O)C=C1C.CCO.CCOC(C)=O.CC[C@@H]1CC(=O)C[C@@H]1C.CC[C@@H]1C[C@H](O)C[C@@H]1C.C[C@@H]1CC[C@H](O)C1.C[C@@H]1C[C@H](C)[C@H](NC(=O)OC(C)(C)C)C1.C[C@H]1C[C@@H](N)[C@@H](C)C1.O=C=O.O=C=O.O=C=O.O=C=O.[B].[H-].[Na+].[Na+].[OH-]. The fourth-order valence-electron chi connectivity index (χ4n) is 10.0. The van der Waals surface area contributed by atoms with E-state index >= 15 is 0 Å². The number of nitrogens with two attached hydrogens (primary N) is 1. The van der Waals surface area contributed by atoms with Crippen LogP contribution in [0.5, 0.6) is 0 Å². The van der Waals surface area contributed by atoms with Gasteiger partial charge in [-0.2, -0.15) is 38.4 Å². The van der Waals surface area contributed by atoms with Crippen LogP contribution < -0.4 is 70.2 Å². The molecule has 0 saturated heterocycles. The van der Waals surface area contributed by atoms with E-state index in [0.29, 0.717) is 53.8 Å². The van der Waals surface area contributed by atoms with Gasteiger partial charge in [-0.05, 0) is 171 Å². The number of esters is 1. The molecule has 5 fully saturated rings. The first kappa shape index (κ1) is 109. The molecule has 23 heteroatoms. The number of aliphatic hydroxyl groups excluding tert-OH is 3. The maximum atomic E-state index is 11.5. The van der Waals surface area contributed by atoms with Gasteiger partial charge < -0.3 is 42.7 Å². The van der Waals surface area contributed by atoms with Crippen LogP contribution in [0.15, 0.2) is 11.6 Å². The number of ketones is 2. The Balaban J connectivity index is -0.0000000621. The summed E-state index contributed by atoms with van der Waals surface area (Å²) in [4.78, 5) is 108. The minimum atomic E-state index is -0.405. The second-order valence-corrected chi connectivity index (χ2v) is 22.2. The molecule has 0 spiro atoms. The number of hydrogen-bond acceptors (Lipinski definition) is 19. The molecule has 14 atom stereocenters. The molecule has 1 amide bonds. The van der Waals surface area contributed by atoms with Crippen LogP contribution in [0.25, 0.3) is 0 Å². The second kappa shape index (κ2) is 69.3. The van der Waals surface area contributed by atoms with Gasteiger partial charge in [0.05, 0.1) is 18.8 Å². The third-order valence-electron chi connectivity index (χ3n) is 13.9. The Morgan fingerprint density at radius 3 is 1.25 bits per heavy atom. The second-order valence-electron chi connectivity index (χ2n) is 22.2. The predicted octanol–water partition coefficient (Wildman–Crippen LogP) is 4.31. The van der Waals surface area contributed by atoms with E-state index < -0.39 is 5.60 Å². The fraction of sp³-hybridized carbons (Fsp3) is 0.836. The maximum absolute atomic E-state index is 11.5. The van der Waals surface area contributed by atoms with Crippen molar-refractivity contribution in [3.8, 4) is 0 Å². The van der Waals surface area contributed by atoms with E-state index in [1.165, 1.54) is 51.0 Å². The number of nitrogens with one attached hydrogen (secondary N) is 1. The first-order chi connectivity index (χ1) is 36.3. The topological polar surface area (TPSA) is 352 Å². The Bertz CT molecular complexity index is 1690. The van der Waals surface area contributed by atoms with E-state index in [2.05, 4.69) is 79.3 Å². The number of carbonyl (C=O) groups excluding carboxylic acids is 12. The van der Waals surface area contributed by atoms with E-state index in [1.54, 1.807) is 19.9 Å². The summed E-state index contributed by atoms with van der Waals surface area (Å²) < 4.78 is 9.64. The van der Waals surface area contributed by atoms with E-state index in [1.807, 2.05) is 27.7 Å². The van der Waals surface area contributed by atoms with Crippen molar-refractivity contribution in [1.82, 2.24) is 5.32 Å². The molecule has 20 nitrogen and oxygen atoms in total. The third-order valence-corrected chi connectivity index (χ3v) is 13.9. The van der Waals surface area contributed by atoms with Crippen molar-refractivity contribution in [2.45, 2.75) is 259 Å². The number of ether oxygens (including phenoxy) is 2. The van der Waals surface area contributed by atoms with Gasteiger partial charge in [0, 0.05) is 53.3 Å². The third kappa shape index (κ3) is 68.3. The average Bonchev–Trinajstić information content (AvgIpc) is 4.17. The number of alkyl carbamates (subject to hydrolysis) is 1. The van der Waals surface area contributed by atoms with Crippen LogP contribution in [0.2, 0.25) is 0 Å². The number of carbonyl (C=O) groups is 4. The minimum Gasteiger partial charge on any atom is -1.00 e. The molecule has 5 saturated carbocycles. The summed E-state index contributed by atoms with van der Waals surface area (Å²) in [6.45, 7) is 35.3. The van der Waals surface area contributed by atoms with Gasteiger partial charge in [0.25, 0.3) is 0 Å². The predicted molar refractivity (Wildman–Crippen MR) is 315 cm³/mol. The van der Waals surface area contributed by atoms with Crippen molar-refractivity contribution in [2.24, 2.45) is 64.9 Å². The fourth-order valence-corrected chi connectivity index (χ4v) is 10.0. The Kier molecular flexibility index (Phi) is 90.0. The van der Waals surface area contributed by atoms with Gasteiger partial charge in [-0.1, -0.05) is 103 Å². The van der Waals surface area contributed by atoms with Gasteiger partial charge in [0.2, 0.25) is 0 Å². The zero-order valence-electron chi connectivity index (χ0n) is 54.8. The van der Waals surface area contributed by atoms with Crippen molar-refractivity contribution in [3.05, 3.63) is 11.6 Å².